The molecule has 4 atom stereocenters. The Labute approximate surface area is 156 Å². The molecule has 0 radical (unpaired) electrons. The lowest BCUT2D eigenvalue weighted by Gasteiger charge is -2.18. The van der Waals surface area contributed by atoms with Gasteiger partial charge >= 0.3 is 0 Å². The minimum atomic E-state index is -0.274. The van der Waals surface area contributed by atoms with Gasteiger partial charge in [-0.3, -0.25) is 14.4 Å². The molecule has 1 N–H and O–H groups in total. The highest BCUT2D eigenvalue weighted by atomic mass is 16.2. The fourth-order valence-electron chi connectivity index (χ4n) is 4.67. The van der Waals surface area contributed by atoms with Crippen LogP contribution in [-0.2, 0) is 9.59 Å². The highest BCUT2D eigenvalue weighted by molar-refractivity contribution is 6.23. The molecular weight excluding hydrogens is 340 g/mol. The quantitative estimate of drug-likeness (QED) is 0.677. The van der Waals surface area contributed by atoms with Gasteiger partial charge in [-0.1, -0.05) is 36.4 Å². The Morgan fingerprint density at radius 3 is 2.22 bits per heavy atom. The summed E-state index contributed by atoms with van der Waals surface area (Å²) in [6.45, 7) is 0. The number of benzene rings is 2. The Morgan fingerprint density at radius 1 is 0.889 bits per heavy atom. The number of hydrogen-bond acceptors (Lipinski definition) is 3. The first-order valence-corrected chi connectivity index (χ1v) is 9.16. The molecular formula is C22H18N2O3. The van der Waals surface area contributed by atoms with E-state index in [2.05, 4.69) is 17.5 Å². The van der Waals surface area contributed by atoms with Gasteiger partial charge in [0.25, 0.3) is 5.91 Å². The first-order valence-electron chi connectivity index (χ1n) is 9.16. The van der Waals surface area contributed by atoms with Crippen LogP contribution in [0.15, 0.2) is 66.7 Å². The Morgan fingerprint density at radius 2 is 1.56 bits per heavy atom. The molecule has 2 aromatic rings. The van der Waals surface area contributed by atoms with Gasteiger partial charge in [-0.25, -0.2) is 4.90 Å². The van der Waals surface area contributed by atoms with Crippen LogP contribution in [0.3, 0.4) is 0 Å². The number of nitrogens with one attached hydrogen (secondary N) is 1. The molecule has 2 aliphatic carbocycles. The molecule has 5 rings (SSSR count). The van der Waals surface area contributed by atoms with E-state index in [9.17, 15) is 14.4 Å². The third kappa shape index (κ3) is 2.42. The first-order chi connectivity index (χ1) is 13.1. The summed E-state index contributed by atoms with van der Waals surface area (Å²) in [7, 11) is 0. The van der Waals surface area contributed by atoms with E-state index in [0.717, 1.165) is 6.42 Å². The highest BCUT2D eigenvalue weighted by Gasteiger charge is 2.59. The van der Waals surface area contributed by atoms with E-state index >= 15 is 0 Å². The predicted octanol–water partition coefficient (Wildman–Crippen LogP) is 3.25. The molecule has 0 spiro atoms. The van der Waals surface area contributed by atoms with Crippen molar-refractivity contribution in [2.45, 2.75) is 6.42 Å². The lowest BCUT2D eigenvalue weighted by molar-refractivity contribution is -0.123. The van der Waals surface area contributed by atoms with Crippen LogP contribution in [0.1, 0.15) is 16.8 Å². The molecule has 134 valence electrons. The second-order valence-electron chi connectivity index (χ2n) is 7.38. The first kappa shape index (κ1) is 16.0. The maximum atomic E-state index is 12.9. The molecule has 3 aliphatic rings. The Bertz CT molecular complexity index is 952. The standard InChI is InChI=1S/C22H18N2O3/c25-20(23-16-6-2-1-3-7-16)15-5-4-8-17(12-15)24-21(26)18-13-9-10-14(11-13)19(18)22(24)27/h1-10,12-14,18-19H,11H2,(H,23,25)/t13-,14-,18-,19+/m0/s1. The van der Waals surface area contributed by atoms with Gasteiger partial charge in [0.1, 0.15) is 0 Å². The number of hydrogen-bond donors (Lipinski definition) is 1. The number of para-hydroxylation sites is 1. The fourth-order valence-corrected chi connectivity index (χ4v) is 4.67. The summed E-state index contributed by atoms with van der Waals surface area (Å²) < 4.78 is 0. The van der Waals surface area contributed by atoms with E-state index in [1.807, 2.05) is 18.2 Å². The number of fused-ring (bicyclic) bond motifs is 5. The lowest BCUT2D eigenvalue weighted by atomic mass is 9.85. The van der Waals surface area contributed by atoms with Crippen molar-refractivity contribution in [2.24, 2.45) is 23.7 Å². The molecule has 3 amide bonds. The van der Waals surface area contributed by atoms with Gasteiger partial charge in [-0.15, -0.1) is 0 Å². The molecule has 0 aromatic heterocycles. The number of allylic oxidation sites excluding steroid dienone is 2. The van der Waals surface area contributed by atoms with E-state index < -0.39 is 0 Å². The smallest absolute Gasteiger partial charge is 0.255 e. The number of nitrogens with zero attached hydrogens (tertiary/aromatic N) is 1. The summed E-state index contributed by atoms with van der Waals surface area (Å²) >= 11 is 0. The molecule has 5 nitrogen and oxygen atoms in total. The Balaban J connectivity index is 1.42. The number of rotatable bonds is 3. The third-order valence-corrected chi connectivity index (χ3v) is 5.87. The van der Waals surface area contributed by atoms with Crippen molar-refractivity contribution < 1.29 is 14.4 Å². The summed E-state index contributed by atoms with van der Waals surface area (Å²) in [5.41, 5.74) is 1.58. The van der Waals surface area contributed by atoms with Gasteiger partial charge in [0, 0.05) is 11.3 Å². The van der Waals surface area contributed by atoms with Crippen molar-refractivity contribution in [3.05, 3.63) is 72.3 Å². The molecule has 2 fully saturated rings. The lowest BCUT2D eigenvalue weighted by Crippen LogP contribution is -2.33. The summed E-state index contributed by atoms with van der Waals surface area (Å²) in [5.74, 6) is -0.686. The zero-order chi connectivity index (χ0) is 18.5. The molecule has 5 heteroatoms. The van der Waals surface area contributed by atoms with Gasteiger partial charge in [0.15, 0.2) is 0 Å². The summed E-state index contributed by atoms with van der Waals surface area (Å²) in [4.78, 5) is 39.7. The molecule has 1 saturated heterocycles. The predicted molar refractivity (Wildman–Crippen MR) is 101 cm³/mol. The van der Waals surface area contributed by atoms with E-state index in [1.165, 1.54) is 4.90 Å². The minimum absolute atomic E-state index is 0.137. The number of anilines is 2. The zero-order valence-corrected chi connectivity index (χ0v) is 14.5. The maximum absolute atomic E-state index is 12.9. The van der Waals surface area contributed by atoms with Crippen molar-refractivity contribution in [1.29, 1.82) is 0 Å². The maximum Gasteiger partial charge on any atom is 0.255 e. The molecule has 0 unspecified atom stereocenters. The largest absolute Gasteiger partial charge is 0.322 e. The SMILES string of the molecule is O=C(Nc1ccccc1)c1cccc(N2C(=O)[C@@H]3[C@H](C2=O)[C@H]2C=C[C@H]3C2)c1. The van der Waals surface area contributed by atoms with Crippen LogP contribution < -0.4 is 10.2 Å². The van der Waals surface area contributed by atoms with Crippen LogP contribution >= 0.6 is 0 Å². The monoisotopic (exact) mass is 358 g/mol. The fraction of sp³-hybridized carbons (Fsp3) is 0.227. The summed E-state index contributed by atoms with van der Waals surface area (Å²) in [6, 6.07) is 15.9. The molecule has 27 heavy (non-hydrogen) atoms. The Hall–Kier alpha value is -3.21. The van der Waals surface area contributed by atoms with Crippen molar-refractivity contribution in [1.82, 2.24) is 0 Å². The van der Waals surface area contributed by atoms with Crippen molar-refractivity contribution in [2.75, 3.05) is 10.2 Å². The second-order valence-corrected chi connectivity index (χ2v) is 7.38. The molecule has 2 aromatic carbocycles. The Kier molecular flexibility index (Phi) is 3.50. The normalized spacial score (nSPS) is 27.9. The highest BCUT2D eigenvalue weighted by Crippen LogP contribution is 2.53. The molecule has 2 bridgehead atoms. The van der Waals surface area contributed by atoms with Gasteiger partial charge in [-0.2, -0.15) is 0 Å². The van der Waals surface area contributed by atoms with Crippen molar-refractivity contribution in [3.63, 3.8) is 0 Å². The summed E-state index contributed by atoms with van der Waals surface area (Å²) in [6.07, 6.45) is 5.05. The average Bonchev–Trinajstić information content (AvgIpc) is 3.36. The minimum Gasteiger partial charge on any atom is -0.322 e. The van der Waals surface area contributed by atoms with Gasteiger partial charge in [-0.05, 0) is 48.6 Å². The van der Waals surface area contributed by atoms with Crippen LogP contribution in [0.2, 0.25) is 0 Å². The van der Waals surface area contributed by atoms with Crippen LogP contribution in [0.5, 0.6) is 0 Å². The van der Waals surface area contributed by atoms with Crippen molar-refractivity contribution >= 4 is 29.1 Å². The molecule has 1 heterocycles. The third-order valence-electron chi connectivity index (χ3n) is 5.87. The van der Waals surface area contributed by atoms with Crippen molar-refractivity contribution in [3.8, 4) is 0 Å². The number of carbonyl (C=O) groups excluding carboxylic acids is 3. The molecule has 1 aliphatic heterocycles. The van der Waals surface area contributed by atoms with E-state index in [0.29, 0.717) is 16.9 Å². The van der Waals surface area contributed by atoms with E-state index in [4.69, 9.17) is 0 Å². The van der Waals surface area contributed by atoms with Crippen LogP contribution in [0, 0.1) is 23.7 Å². The van der Waals surface area contributed by atoms with Crippen LogP contribution in [-0.4, -0.2) is 17.7 Å². The van der Waals surface area contributed by atoms with E-state index in [-0.39, 0.29) is 41.4 Å². The van der Waals surface area contributed by atoms with Gasteiger partial charge in [0.2, 0.25) is 11.8 Å². The van der Waals surface area contributed by atoms with Gasteiger partial charge in [0.05, 0.1) is 17.5 Å². The average molecular weight is 358 g/mol. The topological polar surface area (TPSA) is 66.5 Å². The summed E-state index contributed by atoms with van der Waals surface area (Å²) in [5, 5.41) is 2.83. The van der Waals surface area contributed by atoms with Gasteiger partial charge < -0.3 is 5.32 Å². The zero-order valence-electron chi connectivity index (χ0n) is 14.5. The number of amides is 3. The van der Waals surface area contributed by atoms with Crippen LogP contribution in [0.25, 0.3) is 0 Å². The number of imide groups is 1. The van der Waals surface area contributed by atoms with E-state index in [1.54, 1.807) is 36.4 Å². The second kappa shape index (κ2) is 5.91. The number of carbonyl (C=O) groups is 3. The van der Waals surface area contributed by atoms with Crippen LogP contribution in [0.4, 0.5) is 11.4 Å². The molecule has 1 saturated carbocycles.